The number of hydrogen-bond donors (Lipinski definition) is 0. The first-order chi connectivity index (χ1) is 13.2. The van der Waals surface area contributed by atoms with Gasteiger partial charge in [0.1, 0.15) is 0 Å². The normalized spacial score (nSPS) is 12.2. The van der Waals surface area contributed by atoms with Crippen LogP contribution in [-0.4, -0.2) is 36.7 Å². The quantitative estimate of drug-likeness (QED) is 0.556. The highest BCUT2D eigenvalue weighted by atomic mass is 16.7. The predicted octanol–water partition coefficient (Wildman–Crippen LogP) is 3.02. The van der Waals surface area contributed by atoms with Gasteiger partial charge in [0.2, 0.25) is 6.79 Å². The van der Waals surface area contributed by atoms with Gasteiger partial charge in [0.05, 0.1) is 0 Å². The summed E-state index contributed by atoms with van der Waals surface area (Å²) in [7, 11) is 0. The molecule has 0 saturated carbocycles. The molecule has 6 heteroatoms. The molecule has 6 nitrogen and oxygen atoms in total. The second kappa shape index (κ2) is 8.89. The third-order valence-electron chi connectivity index (χ3n) is 4.10. The van der Waals surface area contributed by atoms with Crippen molar-refractivity contribution >= 4 is 18.0 Å². The minimum absolute atomic E-state index is 0.198. The molecule has 2 aromatic rings. The Morgan fingerprint density at radius 1 is 1.11 bits per heavy atom. The Kier molecular flexibility index (Phi) is 6.10. The molecule has 0 bridgehead atoms. The molecule has 1 aliphatic rings. The highest BCUT2D eigenvalue weighted by Gasteiger charge is 2.14. The lowest BCUT2D eigenvalue weighted by Gasteiger charge is -2.20. The van der Waals surface area contributed by atoms with E-state index in [4.69, 9.17) is 14.2 Å². The Balaban J connectivity index is 1.49. The molecule has 1 amide bonds. The summed E-state index contributed by atoms with van der Waals surface area (Å²) in [6.07, 6.45) is 2.90. The average molecular weight is 367 g/mol. The number of benzene rings is 2. The average Bonchev–Trinajstić information content (AvgIpc) is 3.17. The number of carbonyl (C=O) groups is 2. The third kappa shape index (κ3) is 5.10. The predicted molar refractivity (Wildman–Crippen MR) is 100 cm³/mol. The molecule has 0 saturated heterocycles. The largest absolute Gasteiger partial charge is 0.454 e. The fourth-order valence-electron chi connectivity index (χ4n) is 2.63. The van der Waals surface area contributed by atoms with E-state index in [0.717, 1.165) is 11.1 Å². The highest BCUT2D eigenvalue weighted by Crippen LogP contribution is 2.32. The lowest BCUT2D eigenvalue weighted by atomic mass is 10.2. The van der Waals surface area contributed by atoms with Crippen LogP contribution in [0.5, 0.6) is 11.5 Å². The highest BCUT2D eigenvalue weighted by molar-refractivity contribution is 5.89. The maximum Gasteiger partial charge on any atom is 0.331 e. The fraction of sp³-hybridized carbons (Fsp3) is 0.238. The Morgan fingerprint density at radius 2 is 1.89 bits per heavy atom. The first-order valence-corrected chi connectivity index (χ1v) is 8.72. The topological polar surface area (TPSA) is 65.1 Å². The van der Waals surface area contributed by atoms with Crippen molar-refractivity contribution in [3.05, 3.63) is 65.7 Å². The fourth-order valence-corrected chi connectivity index (χ4v) is 2.63. The Morgan fingerprint density at radius 3 is 2.67 bits per heavy atom. The molecule has 27 heavy (non-hydrogen) atoms. The molecule has 140 valence electrons. The number of likely N-dealkylation sites (N-methyl/N-ethyl adjacent to an activating group) is 1. The van der Waals surface area contributed by atoms with Crippen molar-refractivity contribution in [1.82, 2.24) is 4.90 Å². The van der Waals surface area contributed by atoms with Crippen molar-refractivity contribution in [3.8, 4) is 11.5 Å². The first kappa shape index (κ1) is 18.5. The van der Waals surface area contributed by atoms with Gasteiger partial charge < -0.3 is 19.1 Å². The van der Waals surface area contributed by atoms with Crippen molar-refractivity contribution in [2.45, 2.75) is 13.5 Å². The summed E-state index contributed by atoms with van der Waals surface area (Å²) < 4.78 is 15.6. The summed E-state index contributed by atoms with van der Waals surface area (Å²) in [6, 6.07) is 15.0. The molecule has 0 unspecified atom stereocenters. The van der Waals surface area contributed by atoms with E-state index in [-0.39, 0.29) is 19.3 Å². The van der Waals surface area contributed by atoms with E-state index in [0.29, 0.717) is 24.6 Å². The number of amides is 1. The maximum absolute atomic E-state index is 12.3. The van der Waals surface area contributed by atoms with E-state index < -0.39 is 5.97 Å². The van der Waals surface area contributed by atoms with Crippen molar-refractivity contribution < 1.29 is 23.8 Å². The van der Waals surface area contributed by atoms with Gasteiger partial charge in [-0.2, -0.15) is 0 Å². The number of fused-ring (bicyclic) bond motifs is 1. The van der Waals surface area contributed by atoms with Crippen molar-refractivity contribution in [1.29, 1.82) is 0 Å². The van der Waals surface area contributed by atoms with E-state index in [9.17, 15) is 9.59 Å². The van der Waals surface area contributed by atoms with Crippen LogP contribution in [0.1, 0.15) is 18.1 Å². The minimum atomic E-state index is -0.572. The van der Waals surface area contributed by atoms with Crippen molar-refractivity contribution in [3.63, 3.8) is 0 Å². The standard InChI is InChI=1S/C21H21NO5/c1-2-22(13-17-6-4-3-5-7-17)20(23)14-25-21(24)11-9-16-8-10-18-19(12-16)27-15-26-18/h3-12H,2,13-15H2,1H3/b11-9+. The van der Waals surface area contributed by atoms with Crippen LogP contribution in [0.2, 0.25) is 0 Å². The molecule has 0 radical (unpaired) electrons. The SMILES string of the molecule is CCN(Cc1ccccc1)C(=O)COC(=O)/C=C/c1ccc2c(c1)OCO2. The molecule has 1 aliphatic heterocycles. The van der Waals surface area contributed by atoms with Gasteiger partial charge >= 0.3 is 5.97 Å². The van der Waals surface area contributed by atoms with Gasteiger partial charge in [-0.25, -0.2) is 4.79 Å². The summed E-state index contributed by atoms with van der Waals surface area (Å²) >= 11 is 0. The molecule has 2 aromatic carbocycles. The Labute approximate surface area is 158 Å². The lowest BCUT2D eigenvalue weighted by molar-refractivity contribution is -0.148. The summed E-state index contributed by atoms with van der Waals surface area (Å²) in [5, 5.41) is 0. The number of ether oxygens (including phenoxy) is 3. The number of rotatable bonds is 7. The van der Waals surface area contributed by atoms with Gasteiger partial charge in [-0.3, -0.25) is 4.79 Å². The number of carbonyl (C=O) groups excluding carboxylic acids is 2. The van der Waals surface area contributed by atoms with Crippen LogP contribution >= 0.6 is 0 Å². The van der Waals surface area contributed by atoms with E-state index in [1.165, 1.54) is 6.08 Å². The molecular weight excluding hydrogens is 346 g/mol. The molecule has 0 N–H and O–H groups in total. The molecule has 0 spiro atoms. The maximum atomic E-state index is 12.3. The van der Waals surface area contributed by atoms with Crippen LogP contribution in [-0.2, 0) is 20.9 Å². The molecule has 0 aliphatic carbocycles. The zero-order valence-electron chi connectivity index (χ0n) is 15.1. The summed E-state index contributed by atoms with van der Waals surface area (Å²) in [5.41, 5.74) is 1.81. The molecule has 0 aromatic heterocycles. The Bertz CT molecular complexity index is 832. The van der Waals surface area contributed by atoms with E-state index in [1.807, 2.05) is 37.3 Å². The van der Waals surface area contributed by atoms with Crippen LogP contribution in [0.4, 0.5) is 0 Å². The van der Waals surface area contributed by atoms with Crippen LogP contribution < -0.4 is 9.47 Å². The van der Waals surface area contributed by atoms with E-state index in [2.05, 4.69) is 0 Å². The van der Waals surface area contributed by atoms with Gasteiger partial charge in [-0.05, 0) is 36.3 Å². The van der Waals surface area contributed by atoms with E-state index >= 15 is 0 Å². The summed E-state index contributed by atoms with van der Waals surface area (Å²) in [5.74, 6) is 0.515. The van der Waals surface area contributed by atoms with Crippen molar-refractivity contribution in [2.24, 2.45) is 0 Å². The van der Waals surface area contributed by atoms with Crippen LogP contribution in [0, 0.1) is 0 Å². The summed E-state index contributed by atoms with van der Waals surface area (Å²) in [6.45, 7) is 2.83. The third-order valence-corrected chi connectivity index (χ3v) is 4.10. The van der Waals surface area contributed by atoms with Gasteiger partial charge in [-0.1, -0.05) is 36.4 Å². The molecule has 0 fully saturated rings. The number of nitrogens with zero attached hydrogens (tertiary/aromatic N) is 1. The van der Waals surface area contributed by atoms with Gasteiger partial charge in [0.25, 0.3) is 5.91 Å². The second-order valence-electron chi connectivity index (χ2n) is 5.95. The molecule has 3 rings (SSSR count). The number of hydrogen-bond acceptors (Lipinski definition) is 5. The summed E-state index contributed by atoms with van der Waals surface area (Å²) in [4.78, 5) is 25.8. The van der Waals surface area contributed by atoms with Crippen LogP contribution in [0.3, 0.4) is 0 Å². The lowest BCUT2D eigenvalue weighted by Crippen LogP contribution is -2.33. The molecule has 1 heterocycles. The Hall–Kier alpha value is -3.28. The van der Waals surface area contributed by atoms with Gasteiger partial charge in [0.15, 0.2) is 18.1 Å². The second-order valence-corrected chi connectivity index (χ2v) is 5.95. The first-order valence-electron chi connectivity index (χ1n) is 8.72. The zero-order chi connectivity index (χ0) is 19.1. The van der Waals surface area contributed by atoms with Crippen LogP contribution in [0.25, 0.3) is 6.08 Å². The minimum Gasteiger partial charge on any atom is -0.454 e. The number of esters is 1. The molecule has 0 atom stereocenters. The van der Waals surface area contributed by atoms with Gasteiger partial charge in [0, 0.05) is 19.2 Å². The van der Waals surface area contributed by atoms with E-state index in [1.54, 1.807) is 29.2 Å². The molecular formula is C21H21NO5. The monoisotopic (exact) mass is 367 g/mol. The zero-order valence-corrected chi connectivity index (χ0v) is 15.1. The van der Waals surface area contributed by atoms with Crippen LogP contribution in [0.15, 0.2) is 54.6 Å². The van der Waals surface area contributed by atoms with Crippen molar-refractivity contribution in [2.75, 3.05) is 19.9 Å². The smallest absolute Gasteiger partial charge is 0.331 e. The van der Waals surface area contributed by atoms with Gasteiger partial charge in [-0.15, -0.1) is 0 Å².